The Hall–Kier alpha value is -2.65. The Morgan fingerprint density at radius 3 is 3.11 bits per heavy atom. The van der Waals surface area contributed by atoms with Gasteiger partial charge in [-0.15, -0.1) is 0 Å². The number of carbonyl (C=O) groups is 1. The van der Waals surface area contributed by atoms with E-state index in [9.17, 15) is 4.79 Å². The van der Waals surface area contributed by atoms with Crippen molar-refractivity contribution in [2.24, 2.45) is 5.73 Å². The van der Waals surface area contributed by atoms with Gasteiger partial charge in [-0.3, -0.25) is 9.78 Å². The molecule has 0 aliphatic heterocycles. The van der Waals surface area contributed by atoms with Crippen LogP contribution in [0.1, 0.15) is 15.9 Å². The molecule has 0 spiro atoms. The van der Waals surface area contributed by atoms with Gasteiger partial charge < -0.3 is 15.6 Å². The number of nitrogens with one attached hydrogen (secondary N) is 1. The van der Waals surface area contributed by atoms with Crippen LogP contribution in [0.25, 0.3) is 0 Å². The minimum Gasteiger partial charge on any atom is -0.363 e. The first-order valence-electron chi connectivity index (χ1n) is 5.16. The van der Waals surface area contributed by atoms with Crippen molar-refractivity contribution < 1.29 is 9.32 Å². The van der Waals surface area contributed by atoms with Gasteiger partial charge in [0, 0.05) is 18.5 Å². The molecule has 90 valence electrons. The minimum absolute atomic E-state index is 0.221. The average Bonchev–Trinajstić information content (AvgIpc) is 2.89. The van der Waals surface area contributed by atoms with Gasteiger partial charge in [-0.2, -0.15) is 0 Å². The highest BCUT2D eigenvalue weighted by atomic mass is 16.5. The van der Waals surface area contributed by atoms with E-state index in [1.54, 1.807) is 12.1 Å². The Morgan fingerprint density at radius 2 is 2.39 bits per heavy atom. The van der Waals surface area contributed by atoms with Gasteiger partial charge in [0.15, 0.2) is 5.82 Å². The zero-order valence-corrected chi connectivity index (χ0v) is 9.38. The molecular weight excluding hydrogens is 232 g/mol. The fourth-order valence-corrected chi connectivity index (χ4v) is 1.30. The van der Waals surface area contributed by atoms with Crippen LogP contribution in [-0.4, -0.2) is 22.6 Å². The van der Waals surface area contributed by atoms with Gasteiger partial charge in [0.05, 0.1) is 17.7 Å². The smallest absolute Gasteiger partial charge is 0.258 e. The molecule has 3 N–H and O–H groups in total. The van der Waals surface area contributed by atoms with E-state index < -0.39 is 0 Å². The molecule has 2 aromatic heterocycles. The van der Waals surface area contributed by atoms with Crippen molar-refractivity contribution in [1.82, 2.24) is 10.1 Å². The topological polar surface area (TPSA) is 94.0 Å². The molecule has 0 unspecified atom stereocenters. The zero-order chi connectivity index (χ0) is 12.8. The largest absolute Gasteiger partial charge is 0.363 e. The molecule has 0 aliphatic carbocycles. The van der Waals surface area contributed by atoms with Crippen LogP contribution >= 0.6 is 0 Å². The predicted molar refractivity (Wildman–Crippen MR) is 64.6 cm³/mol. The zero-order valence-electron chi connectivity index (χ0n) is 9.38. The van der Waals surface area contributed by atoms with Gasteiger partial charge in [-0.25, -0.2) is 0 Å². The number of carbonyl (C=O) groups excluding carboxylic acids is 1. The number of nitrogens with two attached hydrogens (primary N) is 1. The van der Waals surface area contributed by atoms with E-state index in [1.165, 1.54) is 18.7 Å². The molecule has 2 heterocycles. The molecule has 0 radical (unpaired) electrons. The predicted octanol–water partition coefficient (Wildman–Crippen LogP) is 0.632. The maximum Gasteiger partial charge on any atom is 0.258 e. The van der Waals surface area contributed by atoms with Crippen LogP contribution in [0.4, 0.5) is 5.82 Å². The summed E-state index contributed by atoms with van der Waals surface area (Å²) in [7, 11) is 0. The Bertz CT molecular complexity index is 596. The molecule has 0 atom stereocenters. The third-order valence-corrected chi connectivity index (χ3v) is 2.07. The van der Waals surface area contributed by atoms with Crippen LogP contribution in [0, 0.1) is 11.8 Å². The van der Waals surface area contributed by atoms with E-state index in [1.807, 2.05) is 0 Å². The molecule has 0 fully saturated rings. The number of anilines is 1. The molecule has 0 saturated heterocycles. The van der Waals surface area contributed by atoms with Crippen molar-refractivity contribution in [3.63, 3.8) is 0 Å². The van der Waals surface area contributed by atoms with Gasteiger partial charge in [-0.1, -0.05) is 17.0 Å². The SMILES string of the molecule is NCC#Cc1cnccc1C(=O)Nc1ccon1. The van der Waals surface area contributed by atoms with Crippen molar-refractivity contribution in [3.8, 4) is 11.8 Å². The third-order valence-electron chi connectivity index (χ3n) is 2.07. The molecule has 0 aliphatic rings. The Kier molecular flexibility index (Phi) is 3.69. The van der Waals surface area contributed by atoms with Crippen LogP contribution in [0.3, 0.4) is 0 Å². The normalized spacial score (nSPS) is 9.39. The van der Waals surface area contributed by atoms with Crippen LogP contribution in [0.2, 0.25) is 0 Å². The summed E-state index contributed by atoms with van der Waals surface area (Å²) < 4.78 is 4.62. The van der Waals surface area contributed by atoms with Gasteiger partial charge in [-0.05, 0) is 6.07 Å². The number of hydrogen-bond donors (Lipinski definition) is 2. The lowest BCUT2D eigenvalue weighted by molar-refractivity contribution is 0.102. The molecule has 6 heteroatoms. The molecule has 1 amide bonds. The number of amides is 1. The maximum absolute atomic E-state index is 12.0. The van der Waals surface area contributed by atoms with Crippen molar-refractivity contribution in [2.45, 2.75) is 0 Å². The summed E-state index contributed by atoms with van der Waals surface area (Å²) in [6, 6.07) is 3.13. The summed E-state index contributed by atoms with van der Waals surface area (Å²) in [6.45, 7) is 0.221. The van der Waals surface area contributed by atoms with Gasteiger partial charge in [0.1, 0.15) is 6.26 Å². The quantitative estimate of drug-likeness (QED) is 0.753. The minimum atomic E-state index is -0.326. The molecule has 0 aromatic carbocycles. The fraction of sp³-hybridized carbons (Fsp3) is 0.0833. The summed E-state index contributed by atoms with van der Waals surface area (Å²) in [5.74, 6) is 5.49. The number of rotatable bonds is 2. The summed E-state index contributed by atoms with van der Waals surface area (Å²) in [6.07, 6.45) is 4.41. The van der Waals surface area contributed by atoms with E-state index in [4.69, 9.17) is 5.73 Å². The van der Waals surface area contributed by atoms with E-state index in [-0.39, 0.29) is 12.5 Å². The first-order valence-corrected chi connectivity index (χ1v) is 5.16. The van der Waals surface area contributed by atoms with Gasteiger partial charge >= 0.3 is 0 Å². The second kappa shape index (κ2) is 5.61. The lowest BCUT2D eigenvalue weighted by Gasteiger charge is -2.03. The molecule has 0 bridgehead atoms. The molecule has 6 nitrogen and oxygen atoms in total. The number of pyridine rings is 1. The highest BCUT2D eigenvalue weighted by Crippen LogP contribution is 2.09. The standard InChI is InChI=1S/C12H10N4O2/c13-5-1-2-9-8-14-6-3-10(9)12(17)15-11-4-7-18-16-11/h3-4,6-8H,5,13H2,(H,15,16,17). The number of hydrogen-bond acceptors (Lipinski definition) is 5. The molecule has 18 heavy (non-hydrogen) atoms. The highest BCUT2D eigenvalue weighted by Gasteiger charge is 2.11. The van der Waals surface area contributed by atoms with Crippen molar-refractivity contribution in [2.75, 3.05) is 11.9 Å². The fourth-order valence-electron chi connectivity index (χ4n) is 1.30. The number of aromatic nitrogens is 2. The lowest BCUT2D eigenvalue weighted by Crippen LogP contribution is -2.14. The van der Waals surface area contributed by atoms with Crippen molar-refractivity contribution in [3.05, 3.63) is 41.9 Å². The Morgan fingerprint density at radius 1 is 1.50 bits per heavy atom. The second-order valence-electron chi connectivity index (χ2n) is 3.27. The summed E-state index contributed by atoms with van der Waals surface area (Å²) in [4.78, 5) is 15.9. The van der Waals surface area contributed by atoms with Crippen LogP contribution in [0.15, 0.2) is 35.3 Å². The Labute approximate surface area is 103 Å². The highest BCUT2D eigenvalue weighted by molar-refractivity contribution is 6.05. The Balaban J connectivity index is 2.24. The number of nitrogens with zero attached hydrogens (tertiary/aromatic N) is 2. The molecule has 2 rings (SSSR count). The summed E-state index contributed by atoms with van der Waals surface area (Å²) >= 11 is 0. The van der Waals surface area contributed by atoms with Crippen LogP contribution in [-0.2, 0) is 0 Å². The van der Waals surface area contributed by atoms with Gasteiger partial charge in [0.2, 0.25) is 0 Å². The monoisotopic (exact) mass is 242 g/mol. The average molecular weight is 242 g/mol. The summed E-state index contributed by atoms with van der Waals surface area (Å²) in [5, 5.41) is 6.18. The summed E-state index contributed by atoms with van der Waals surface area (Å²) in [5.41, 5.74) is 6.22. The van der Waals surface area contributed by atoms with Gasteiger partial charge in [0.25, 0.3) is 5.91 Å². The molecule has 0 saturated carbocycles. The van der Waals surface area contributed by atoms with E-state index in [0.717, 1.165) is 0 Å². The van der Waals surface area contributed by atoms with Crippen molar-refractivity contribution in [1.29, 1.82) is 0 Å². The van der Waals surface area contributed by atoms with Crippen molar-refractivity contribution >= 4 is 11.7 Å². The third kappa shape index (κ3) is 2.72. The maximum atomic E-state index is 12.0. The lowest BCUT2D eigenvalue weighted by atomic mass is 10.1. The molecular formula is C12H10N4O2. The van der Waals surface area contributed by atoms with Crippen LogP contribution in [0.5, 0.6) is 0 Å². The first kappa shape index (κ1) is 11.8. The van der Waals surface area contributed by atoms with E-state index in [0.29, 0.717) is 16.9 Å². The van der Waals surface area contributed by atoms with E-state index in [2.05, 4.69) is 31.8 Å². The molecule has 2 aromatic rings. The van der Waals surface area contributed by atoms with Crippen LogP contribution < -0.4 is 11.1 Å². The first-order chi connectivity index (χ1) is 8.81. The van der Waals surface area contributed by atoms with E-state index >= 15 is 0 Å². The second-order valence-corrected chi connectivity index (χ2v) is 3.27.